The molecule has 0 unspecified atom stereocenters. The molecule has 0 aliphatic rings. The number of nitro groups is 1. The zero-order chi connectivity index (χ0) is 15.4. The number of Topliss-reactive ketones (excluding diaryl/α,β-unsaturated/α-hetero) is 1. The van der Waals surface area contributed by atoms with Crippen LogP contribution in [0.1, 0.15) is 10.4 Å². The van der Waals surface area contributed by atoms with Gasteiger partial charge in [-0.1, -0.05) is 23.7 Å². The zero-order valence-corrected chi connectivity index (χ0v) is 11.3. The Morgan fingerprint density at radius 1 is 1.29 bits per heavy atom. The molecule has 21 heavy (non-hydrogen) atoms. The van der Waals surface area contributed by atoms with E-state index in [0.717, 1.165) is 0 Å². The van der Waals surface area contributed by atoms with Gasteiger partial charge in [0.05, 0.1) is 10.5 Å². The topological polar surface area (TPSA) is 69.4 Å². The summed E-state index contributed by atoms with van der Waals surface area (Å²) in [5.41, 5.74) is -0.338. The number of nitrogens with zero attached hydrogens (tertiary/aromatic N) is 1. The maximum absolute atomic E-state index is 13.4. The Balaban J connectivity index is 2.07. The van der Waals surface area contributed by atoms with Crippen molar-refractivity contribution in [2.24, 2.45) is 0 Å². The Morgan fingerprint density at radius 3 is 2.62 bits per heavy atom. The largest absolute Gasteiger partial charge is 0.485 e. The van der Waals surface area contributed by atoms with E-state index < -0.39 is 23.1 Å². The number of carbonyl (C=O) groups is 1. The van der Waals surface area contributed by atoms with Crippen LogP contribution in [0.2, 0.25) is 5.02 Å². The first kappa shape index (κ1) is 14.9. The van der Waals surface area contributed by atoms with Gasteiger partial charge in [-0.25, -0.2) is 4.39 Å². The number of ether oxygens (including phenoxy) is 1. The number of nitro benzene ring substituents is 1. The highest BCUT2D eigenvalue weighted by Gasteiger charge is 2.15. The Labute approximate surface area is 124 Å². The predicted octanol–water partition coefficient (Wildman–Crippen LogP) is 3.65. The van der Waals surface area contributed by atoms with Crippen LogP contribution < -0.4 is 4.74 Å². The minimum Gasteiger partial charge on any atom is -0.485 e. The molecule has 0 bridgehead atoms. The lowest BCUT2D eigenvalue weighted by Crippen LogP contribution is -2.13. The standard InChI is InChI=1S/C14H9ClFNO4/c15-11-7-9(5-6-13(11)17(19)20)21-8-14(18)10-3-1-2-4-12(10)16/h1-7H,8H2. The minimum absolute atomic E-state index is 0.0782. The summed E-state index contributed by atoms with van der Waals surface area (Å²) in [7, 11) is 0. The van der Waals surface area contributed by atoms with Gasteiger partial charge in [-0.3, -0.25) is 14.9 Å². The smallest absolute Gasteiger partial charge is 0.288 e. The Morgan fingerprint density at radius 2 is 2.00 bits per heavy atom. The monoisotopic (exact) mass is 309 g/mol. The first-order valence-corrected chi connectivity index (χ1v) is 6.21. The van der Waals surface area contributed by atoms with Crippen LogP contribution in [-0.4, -0.2) is 17.3 Å². The molecule has 0 fully saturated rings. The maximum Gasteiger partial charge on any atom is 0.288 e. The summed E-state index contributed by atoms with van der Waals surface area (Å²) in [6.07, 6.45) is 0. The lowest BCUT2D eigenvalue weighted by molar-refractivity contribution is -0.384. The number of halogens is 2. The van der Waals surface area contributed by atoms with E-state index >= 15 is 0 Å². The number of hydrogen-bond donors (Lipinski definition) is 0. The van der Waals surface area contributed by atoms with Gasteiger partial charge in [0, 0.05) is 12.1 Å². The lowest BCUT2D eigenvalue weighted by Gasteiger charge is -2.06. The molecule has 0 heterocycles. The van der Waals surface area contributed by atoms with Crippen LogP contribution in [0, 0.1) is 15.9 Å². The highest BCUT2D eigenvalue weighted by Crippen LogP contribution is 2.28. The highest BCUT2D eigenvalue weighted by atomic mass is 35.5. The molecule has 2 aromatic rings. The molecule has 0 saturated heterocycles. The maximum atomic E-state index is 13.4. The number of carbonyl (C=O) groups excluding carboxylic acids is 1. The molecular formula is C14H9ClFNO4. The van der Waals surface area contributed by atoms with Crippen molar-refractivity contribution in [3.05, 3.63) is 69.0 Å². The van der Waals surface area contributed by atoms with E-state index in [1.807, 2.05) is 0 Å². The molecule has 0 radical (unpaired) electrons. The average molecular weight is 310 g/mol. The van der Waals surface area contributed by atoms with Gasteiger partial charge in [0.1, 0.15) is 16.6 Å². The molecule has 0 aromatic heterocycles. The fourth-order valence-electron chi connectivity index (χ4n) is 1.64. The molecule has 0 aliphatic heterocycles. The van der Waals surface area contributed by atoms with Crippen LogP contribution in [0.15, 0.2) is 42.5 Å². The van der Waals surface area contributed by atoms with E-state index in [9.17, 15) is 19.3 Å². The van der Waals surface area contributed by atoms with Crippen LogP contribution in [0.25, 0.3) is 0 Å². The van der Waals surface area contributed by atoms with Crippen molar-refractivity contribution in [3.63, 3.8) is 0 Å². The van der Waals surface area contributed by atoms with Crippen LogP contribution in [0.3, 0.4) is 0 Å². The average Bonchev–Trinajstić information content (AvgIpc) is 2.45. The number of ketones is 1. The number of hydrogen-bond acceptors (Lipinski definition) is 4. The van der Waals surface area contributed by atoms with Gasteiger partial charge >= 0.3 is 0 Å². The van der Waals surface area contributed by atoms with E-state index in [-0.39, 0.29) is 22.0 Å². The summed E-state index contributed by atoms with van der Waals surface area (Å²) in [4.78, 5) is 21.8. The first-order chi connectivity index (χ1) is 9.99. The van der Waals surface area contributed by atoms with Gasteiger partial charge in [0.25, 0.3) is 5.69 Å². The van der Waals surface area contributed by atoms with Gasteiger partial charge in [-0.2, -0.15) is 0 Å². The Bertz CT molecular complexity index is 705. The van der Waals surface area contributed by atoms with Crippen molar-refractivity contribution in [1.82, 2.24) is 0 Å². The normalized spacial score (nSPS) is 10.2. The summed E-state index contributed by atoms with van der Waals surface area (Å²) in [6.45, 7) is -0.394. The van der Waals surface area contributed by atoms with Gasteiger partial charge < -0.3 is 4.74 Å². The molecule has 7 heteroatoms. The van der Waals surface area contributed by atoms with E-state index in [0.29, 0.717) is 0 Å². The van der Waals surface area contributed by atoms with Crippen molar-refractivity contribution in [1.29, 1.82) is 0 Å². The molecule has 2 rings (SSSR count). The third kappa shape index (κ3) is 3.55. The van der Waals surface area contributed by atoms with Gasteiger partial charge in [0.2, 0.25) is 5.78 Å². The highest BCUT2D eigenvalue weighted by molar-refractivity contribution is 6.32. The summed E-state index contributed by atoms with van der Waals surface area (Å²) in [6, 6.07) is 9.26. The van der Waals surface area contributed by atoms with Crippen molar-refractivity contribution in [3.8, 4) is 5.75 Å². The molecule has 0 saturated carbocycles. The van der Waals surface area contributed by atoms with Crippen LogP contribution in [0.5, 0.6) is 5.75 Å². The molecule has 0 spiro atoms. The molecule has 0 N–H and O–H groups in total. The molecular weight excluding hydrogens is 301 g/mol. The second-order valence-corrected chi connectivity index (χ2v) is 4.47. The van der Waals surface area contributed by atoms with Crippen molar-refractivity contribution in [2.75, 3.05) is 6.61 Å². The zero-order valence-electron chi connectivity index (χ0n) is 10.6. The molecule has 0 atom stereocenters. The molecule has 0 aliphatic carbocycles. The third-order valence-corrected chi connectivity index (χ3v) is 2.96. The van der Waals surface area contributed by atoms with Gasteiger partial charge in [-0.15, -0.1) is 0 Å². The van der Waals surface area contributed by atoms with E-state index in [1.165, 1.54) is 36.4 Å². The van der Waals surface area contributed by atoms with Crippen LogP contribution in [0.4, 0.5) is 10.1 Å². The fraction of sp³-hybridized carbons (Fsp3) is 0.0714. The van der Waals surface area contributed by atoms with Crippen molar-refractivity contribution < 1.29 is 18.8 Å². The van der Waals surface area contributed by atoms with Crippen molar-refractivity contribution in [2.45, 2.75) is 0 Å². The van der Waals surface area contributed by atoms with E-state index in [1.54, 1.807) is 6.07 Å². The first-order valence-electron chi connectivity index (χ1n) is 5.83. The quantitative estimate of drug-likeness (QED) is 0.480. The molecule has 2 aromatic carbocycles. The Kier molecular flexibility index (Phi) is 4.49. The molecule has 0 amide bonds. The summed E-state index contributed by atoms with van der Waals surface area (Å²) in [5, 5.41) is 10.5. The van der Waals surface area contributed by atoms with Crippen LogP contribution in [-0.2, 0) is 0 Å². The van der Waals surface area contributed by atoms with Crippen molar-refractivity contribution >= 4 is 23.1 Å². The number of rotatable bonds is 5. The van der Waals surface area contributed by atoms with E-state index in [4.69, 9.17) is 16.3 Å². The van der Waals surface area contributed by atoms with E-state index in [2.05, 4.69) is 0 Å². The molecule has 5 nitrogen and oxygen atoms in total. The second-order valence-electron chi connectivity index (χ2n) is 4.06. The predicted molar refractivity (Wildman–Crippen MR) is 74.3 cm³/mol. The third-order valence-electron chi connectivity index (χ3n) is 2.66. The van der Waals surface area contributed by atoms with Gasteiger partial charge in [-0.05, 0) is 18.2 Å². The van der Waals surface area contributed by atoms with Gasteiger partial charge in [0.15, 0.2) is 6.61 Å². The second kappa shape index (κ2) is 6.32. The SMILES string of the molecule is O=C(COc1ccc([N+](=O)[O-])c(Cl)c1)c1ccccc1F. The Hall–Kier alpha value is -2.47. The minimum atomic E-state index is -0.632. The lowest BCUT2D eigenvalue weighted by atomic mass is 10.1. The van der Waals surface area contributed by atoms with Crippen LogP contribution >= 0.6 is 11.6 Å². The summed E-state index contributed by atoms with van der Waals surface area (Å²) < 4.78 is 18.6. The molecule has 108 valence electrons. The summed E-state index contributed by atoms with van der Waals surface area (Å²) in [5.74, 6) is -0.981. The fourth-order valence-corrected chi connectivity index (χ4v) is 1.88. The number of benzene rings is 2. The summed E-state index contributed by atoms with van der Waals surface area (Å²) >= 11 is 5.72.